The van der Waals surface area contributed by atoms with E-state index in [0.717, 1.165) is 17.5 Å². The number of fused-ring (bicyclic) bond motifs is 1. The second-order valence-electron chi connectivity index (χ2n) is 9.32. The molecule has 0 aliphatic carbocycles. The normalized spacial score (nSPS) is 20.6. The van der Waals surface area contributed by atoms with Crippen LogP contribution in [0.1, 0.15) is 49.9 Å². The molecule has 1 fully saturated rings. The largest absolute Gasteiger partial charge is 0.444 e. The number of halogens is 1. The number of rotatable bonds is 2. The van der Waals surface area contributed by atoms with Crippen molar-refractivity contribution in [1.29, 1.82) is 0 Å². The number of hydrogen-bond donors (Lipinski definition) is 0. The van der Waals surface area contributed by atoms with Gasteiger partial charge in [-0.15, -0.1) is 0 Å². The Morgan fingerprint density at radius 2 is 1.72 bits per heavy atom. The van der Waals surface area contributed by atoms with Gasteiger partial charge >= 0.3 is 12.2 Å². The molecule has 1 saturated heterocycles. The Hall–Kier alpha value is -3.09. The first-order valence-corrected chi connectivity index (χ1v) is 11.0. The van der Waals surface area contributed by atoms with Crippen LogP contribution in [-0.2, 0) is 15.9 Å². The van der Waals surface area contributed by atoms with Crippen molar-refractivity contribution >= 4 is 12.2 Å². The molecular formula is C25H29FN2O4. The average molecular weight is 441 g/mol. The van der Waals surface area contributed by atoms with Crippen LogP contribution < -0.4 is 0 Å². The fraction of sp³-hybridized carbons (Fsp3) is 0.440. The molecule has 2 amide bonds. The van der Waals surface area contributed by atoms with Crippen molar-refractivity contribution in [2.45, 2.75) is 51.4 Å². The Balaban J connectivity index is 1.49. The molecule has 0 N–H and O–H groups in total. The van der Waals surface area contributed by atoms with Crippen LogP contribution in [0.4, 0.5) is 14.0 Å². The van der Waals surface area contributed by atoms with E-state index >= 15 is 0 Å². The highest BCUT2D eigenvalue weighted by atomic mass is 19.1. The first kappa shape index (κ1) is 22.1. The summed E-state index contributed by atoms with van der Waals surface area (Å²) in [5.74, 6) is -0.319. The first-order chi connectivity index (χ1) is 15.2. The van der Waals surface area contributed by atoms with Crippen LogP contribution in [0.2, 0.25) is 0 Å². The zero-order valence-electron chi connectivity index (χ0n) is 18.7. The zero-order chi connectivity index (χ0) is 22.9. The van der Waals surface area contributed by atoms with Crippen molar-refractivity contribution in [3.8, 4) is 0 Å². The lowest BCUT2D eigenvalue weighted by Crippen LogP contribution is -2.43. The lowest BCUT2D eigenvalue weighted by Gasteiger charge is -2.37. The average Bonchev–Trinajstić information content (AvgIpc) is 3.21. The highest BCUT2D eigenvalue weighted by Crippen LogP contribution is 2.36. The Morgan fingerprint density at radius 1 is 1.00 bits per heavy atom. The third-order valence-electron chi connectivity index (χ3n) is 5.77. The van der Waals surface area contributed by atoms with E-state index in [1.165, 1.54) is 17.7 Å². The second-order valence-corrected chi connectivity index (χ2v) is 9.32. The summed E-state index contributed by atoms with van der Waals surface area (Å²) in [6, 6.07) is 13.9. The summed E-state index contributed by atoms with van der Waals surface area (Å²) in [6.07, 6.45) is 0.0759. The fourth-order valence-corrected chi connectivity index (χ4v) is 4.29. The van der Waals surface area contributed by atoms with Crippen LogP contribution in [0, 0.1) is 5.82 Å². The summed E-state index contributed by atoms with van der Waals surface area (Å²) in [6.45, 7) is 6.76. The Bertz CT molecular complexity index is 986. The number of hydrogen-bond acceptors (Lipinski definition) is 4. The van der Waals surface area contributed by atoms with Gasteiger partial charge in [0.2, 0.25) is 0 Å². The van der Waals surface area contributed by atoms with Crippen molar-refractivity contribution < 1.29 is 23.5 Å². The van der Waals surface area contributed by atoms with Crippen molar-refractivity contribution in [1.82, 2.24) is 9.80 Å². The molecule has 2 aliphatic rings. The topological polar surface area (TPSA) is 59.1 Å². The first-order valence-electron chi connectivity index (χ1n) is 11.0. The molecule has 0 radical (unpaired) electrons. The minimum absolute atomic E-state index is 0.312. The third kappa shape index (κ3) is 4.87. The fourth-order valence-electron chi connectivity index (χ4n) is 4.29. The van der Waals surface area contributed by atoms with Gasteiger partial charge < -0.3 is 14.4 Å². The van der Waals surface area contributed by atoms with Gasteiger partial charge in [0.05, 0.1) is 12.6 Å². The number of carbonyl (C=O) groups excluding carboxylic acids is 2. The Morgan fingerprint density at radius 3 is 2.44 bits per heavy atom. The maximum atomic E-state index is 13.5. The number of benzene rings is 2. The number of ether oxygens (including phenoxy) is 2. The lowest BCUT2D eigenvalue weighted by atomic mass is 9.88. The van der Waals surface area contributed by atoms with Gasteiger partial charge in [-0.25, -0.2) is 14.0 Å². The minimum atomic E-state index is -0.574. The van der Waals surface area contributed by atoms with Crippen LogP contribution in [0.25, 0.3) is 0 Å². The molecule has 0 unspecified atom stereocenters. The molecule has 2 aromatic carbocycles. The quantitative estimate of drug-likeness (QED) is 0.665. The maximum Gasteiger partial charge on any atom is 0.410 e. The molecule has 32 heavy (non-hydrogen) atoms. The molecule has 0 saturated carbocycles. The van der Waals surface area contributed by atoms with Gasteiger partial charge in [-0.3, -0.25) is 4.90 Å². The Kier molecular flexibility index (Phi) is 6.09. The SMILES string of the molecule is CC(C)(C)OC(=O)N1CC[C@@H](OC(=O)N2CCc3ccccc3[C@@H]2c2ccc(F)cc2)C1. The van der Waals surface area contributed by atoms with Crippen molar-refractivity contribution in [2.75, 3.05) is 19.6 Å². The molecule has 0 spiro atoms. The molecule has 2 aromatic rings. The number of nitrogens with zero attached hydrogens (tertiary/aromatic N) is 2. The Labute approximate surface area is 187 Å². The van der Waals surface area contributed by atoms with Gasteiger partial charge in [-0.05, 0) is 56.0 Å². The minimum Gasteiger partial charge on any atom is -0.444 e. The predicted octanol–water partition coefficient (Wildman–Crippen LogP) is 4.92. The van der Waals surface area contributed by atoms with E-state index < -0.39 is 17.8 Å². The zero-order valence-corrected chi connectivity index (χ0v) is 18.7. The summed E-state index contributed by atoms with van der Waals surface area (Å²) >= 11 is 0. The number of amides is 2. The highest BCUT2D eigenvalue weighted by molar-refractivity contribution is 5.71. The van der Waals surface area contributed by atoms with Gasteiger partial charge in [0.1, 0.15) is 17.5 Å². The number of carbonyl (C=O) groups is 2. The number of likely N-dealkylation sites (tertiary alicyclic amines) is 1. The summed E-state index contributed by atoms with van der Waals surface area (Å²) < 4.78 is 24.8. The molecule has 0 bridgehead atoms. The molecule has 2 atom stereocenters. The predicted molar refractivity (Wildman–Crippen MR) is 118 cm³/mol. The van der Waals surface area contributed by atoms with Gasteiger partial charge in [0.15, 0.2) is 0 Å². The summed E-state index contributed by atoms with van der Waals surface area (Å²) in [5.41, 5.74) is 2.44. The molecule has 0 aromatic heterocycles. The highest BCUT2D eigenvalue weighted by Gasteiger charge is 2.36. The molecule has 4 rings (SSSR count). The van der Waals surface area contributed by atoms with Gasteiger partial charge in [0.25, 0.3) is 0 Å². The van der Waals surface area contributed by atoms with E-state index in [1.807, 2.05) is 39.0 Å². The van der Waals surface area contributed by atoms with E-state index in [2.05, 4.69) is 6.07 Å². The molecular weight excluding hydrogens is 411 g/mol. The summed E-state index contributed by atoms with van der Waals surface area (Å²) in [4.78, 5) is 28.8. The van der Waals surface area contributed by atoms with Crippen LogP contribution in [-0.4, -0.2) is 53.3 Å². The molecule has 7 heteroatoms. The molecule has 2 heterocycles. The maximum absolute atomic E-state index is 13.5. The standard InChI is InChI=1S/C25H29FN2O4/c1-25(2,3)32-23(29)27-14-13-20(16-27)31-24(30)28-15-12-17-6-4-5-7-21(17)22(28)18-8-10-19(26)11-9-18/h4-11,20,22H,12-16H2,1-3H3/t20-,22+/m1/s1. The van der Waals surface area contributed by atoms with Crippen LogP contribution in [0.5, 0.6) is 0 Å². The smallest absolute Gasteiger partial charge is 0.410 e. The van der Waals surface area contributed by atoms with E-state index in [9.17, 15) is 14.0 Å². The van der Waals surface area contributed by atoms with Gasteiger partial charge in [0, 0.05) is 19.5 Å². The molecule has 170 valence electrons. The van der Waals surface area contributed by atoms with E-state index in [1.54, 1.807) is 21.9 Å². The third-order valence-corrected chi connectivity index (χ3v) is 5.77. The van der Waals surface area contributed by atoms with Crippen molar-refractivity contribution in [2.24, 2.45) is 0 Å². The monoisotopic (exact) mass is 440 g/mol. The van der Waals surface area contributed by atoms with E-state index in [-0.39, 0.29) is 18.0 Å². The lowest BCUT2D eigenvalue weighted by molar-refractivity contribution is 0.0230. The van der Waals surface area contributed by atoms with Gasteiger partial charge in [-0.2, -0.15) is 0 Å². The summed E-state index contributed by atoms with van der Waals surface area (Å²) in [5, 5.41) is 0. The van der Waals surface area contributed by atoms with Crippen LogP contribution in [0.15, 0.2) is 48.5 Å². The van der Waals surface area contributed by atoms with Crippen molar-refractivity contribution in [3.05, 3.63) is 71.0 Å². The van der Waals surface area contributed by atoms with Gasteiger partial charge in [-0.1, -0.05) is 36.4 Å². The second kappa shape index (κ2) is 8.81. The summed E-state index contributed by atoms with van der Waals surface area (Å²) in [7, 11) is 0. The van der Waals surface area contributed by atoms with E-state index in [4.69, 9.17) is 9.47 Å². The molecule has 6 nitrogen and oxygen atoms in total. The van der Waals surface area contributed by atoms with Crippen molar-refractivity contribution in [3.63, 3.8) is 0 Å². The van der Waals surface area contributed by atoms with Crippen LogP contribution >= 0.6 is 0 Å². The molecule has 2 aliphatic heterocycles. The van der Waals surface area contributed by atoms with Crippen LogP contribution in [0.3, 0.4) is 0 Å². The van der Waals surface area contributed by atoms with E-state index in [0.29, 0.717) is 26.1 Å².